The number of aromatic nitrogens is 1. The minimum atomic E-state index is 0.424. The number of ether oxygens (including phenoxy) is 1. The quantitative estimate of drug-likeness (QED) is 0.874. The van der Waals surface area contributed by atoms with E-state index in [4.69, 9.17) is 9.72 Å². The van der Waals surface area contributed by atoms with Gasteiger partial charge in [0.2, 0.25) is 0 Å². The van der Waals surface area contributed by atoms with Crippen molar-refractivity contribution < 1.29 is 4.74 Å². The third-order valence-electron chi connectivity index (χ3n) is 3.98. The molecule has 21 heavy (non-hydrogen) atoms. The van der Waals surface area contributed by atoms with E-state index in [1.165, 1.54) is 15.7 Å². The second-order valence-electron chi connectivity index (χ2n) is 6.42. The Bertz CT molecular complexity index is 437. The highest BCUT2D eigenvalue weighted by Gasteiger charge is 2.23. The third kappa shape index (κ3) is 4.41. The fraction of sp³-hybridized carbons (Fsp3) is 0.812. The van der Waals surface area contributed by atoms with Crippen molar-refractivity contribution in [3.63, 3.8) is 0 Å². The van der Waals surface area contributed by atoms with Crippen LogP contribution >= 0.6 is 11.3 Å². The summed E-state index contributed by atoms with van der Waals surface area (Å²) in [5.41, 5.74) is 1.26. The zero-order valence-corrected chi connectivity index (χ0v) is 14.8. The first-order chi connectivity index (χ1) is 10.0. The van der Waals surface area contributed by atoms with E-state index in [1.807, 2.05) is 18.4 Å². The van der Waals surface area contributed by atoms with Crippen molar-refractivity contribution >= 4 is 16.5 Å². The summed E-state index contributed by atoms with van der Waals surface area (Å²) in [6, 6.07) is 0.507. The molecule has 0 radical (unpaired) electrons. The van der Waals surface area contributed by atoms with Crippen molar-refractivity contribution in [3.05, 3.63) is 10.6 Å². The summed E-state index contributed by atoms with van der Waals surface area (Å²) in [5.74, 6) is 0.482. The van der Waals surface area contributed by atoms with Gasteiger partial charge in [-0.15, -0.1) is 11.3 Å². The van der Waals surface area contributed by atoms with E-state index in [-0.39, 0.29) is 0 Å². The van der Waals surface area contributed by atoms with Crippen LogP contribution in [0.5, 0.6) is 0 Å². The van der Waals surface area contributed by atoms with Gasteiger partial charge >= 0.3 is 0 Å². The Hall–Kier alpha value is -0.650. The highest BCUT2D eigenvalue weighted by Crippen LogP contribution is 2.32. The van der Waals surface area contributed by atoms with E-state index in [9.17, 15) is 0 Å². The van der Waals surface area contributed by atoms with Crippen molar-refractivity contribution in [2.24, 2.45) is 0 Å². The van der Waals surface area contributed by atoms with E-state index in [1.54, 1.807) is 0 Å². The lowest BCUT2D eigenvalue weighted by molar-refractivity contribution is 0.0819. The van der Waals surface area contributed by atoms with Gasteiger partial charge in [0.25, 0.3) is 0 Å². The van der Waals surface area contributed by atoms with Crippen LogP contribution in [0, 0.1) is 0 Å². The van der Waals surface area contributed by atoms with Crippen LogP contribution < -0.4 is 10.2 Å². The Kier molecular flexibility index (Phi) is 6.02. The number of thiazole rings is 1. The molecule has 0 unspecified atom stereocenters. The van der Waals surface area contributed by atoms with Crippen LogP contribution in [0.4, 0.5) is 5.13 Å². The van der Waals surface area contributed by atoms with Gasteiger partial charge in [-0.2, -0.15) is 0 Å². The molecule has 0 spiro atoms. The first kappa shape index (κ1) is 16.7. The van der Waals surface area contributed by atoms with Crippen LogP contribution in [0.3, 0.4) is 0 Å². The number of nitrogens with zero attached hydrogens (tertiary/aromatic N) is 2. The van der Waals surface area contributed by atoms with Crippen LogP contribution in [0.2, 0.25) is 0 Å². The van der Waals surface area contributed by atoms with Crippen LogP contribution in [0.15, 0.2) is 0 Å². The molecular weight excluding hydrogens is 282 g/mol. The van der Waals surface area contributed by atoms with Gasteiger partial charge in [-0.3, -0.25) is 0 Å². The molecule has 1 N–H and O–H groups in total. The first-order valence-corrected chi connectivity index (χ1v) is 8.83. The van der Waals surface area contributed by atoms with Gasteiger partial charge in [-0.1, -0.05) is 27.7 Å². The number of anilines is 1. The van der Waals surface area contributed by atoms with Crippen molar-refractivity contribution in [1.82, 2.24) is 10.3 Å². The Morgan fingerprint density at radius 1 is 1.29 bits per heavy atom. The minimum Gasteiger partial charge on any atom is -0.381 e. The van der Waals surface area contributed by atoms with Crippen molar-refractivity contribution in [2.45, 2.75) is 65.1 Å². The second kappa shape index (κ2) is 7.56. The van der Waals surface area contributed by atoms with Gasteiger partial charge in [0.05, 0.1) is 11.8 Å². The average Bonchev–Trinajstić information content (AvgIpc) is 2.89. The number of hydrogen-bond donors (Lipinski definition) is 1. The fourth-order valence-corrected chi connectivity index (χ4v) is 3.86. The fourth-order valence-electron chi connectivity index (χ4n) is 2.64. The second-order valence-corrected chi connectivity index (χ2v) is 7.48. The summed E-state index contributed by atoms with van der Waals surface area (Å²) in [7, 11) is 1.82. The maximum atomic E-state index is 5.45. The number of piperidine rings is 1. The van der Waals surface area contributed by atoms with E-state index in [0.717, 1.165) is 32.5 Å². The molecule has 1 aromatic heterocycles. The van der Waals surface area contributed by atoms with Gasteiger partial charge in [0.15, 0.2) is 5.13 Å². The van der Waals surface area contributed by atoms with Gasteiger partial charge in [0, 0.05) is 37.7 Å². The lowest BCUT2D eigenvalue weighted by Crippen LogP contribution is -2.36. The largest absolute Gasteiger partial charge is 0.381 e. The van der Waals surface area contributed by atoms with Crippen molar-refractivity contribution in [3.8, 4) is 0 Å². The lowest BCUT2D eigenvalue weighted by Gasteiger charge is -2.30. The molecule has 5 heteroatoms. The maximum Gasteiger partial charge on any atom is 0.185 e. The lowest BCUT2D eigenvalue weighted by atomic mass is 10.1. The molecule has 1 aliphatic rings. The standard InChI is InChI=1S/C16H29N3OS/c1-11(2)15-14(10-17-12(3)4)21-16(18-15)19-8-6-13(20-5)7-9-19/h11-13,17H,6-10H2,1-5H3. The van der Waals surface area contributed by atoms with E-state index < -0.39 is 0 Å². The predicted octanol–water partition coefficient (Wildman–Crippen LogP) is 3.38. The molecule has 120 valence electrons. The Labute approximate surface area is 132 Å². The topological polar surface area (TPSA) is 37.4 Å². The number of methoxy groups -OCH3 is 1. The molecule has 4 nitrogen and oxygen atoms in total. The minimum absolute atomic E-state index is 0.424. The Morgan fingerprint density at radius 2 is 1.95 bits per heavy atom. The molecule has 2 rings (SSSR count). The van der Waals surface area contributed by atoms with E-state index >= 15 is 0 Å². The average molecular weight is 311 g/mol. The summed E-state index contributed by atoms with van der Waals surface area (Å²) in [6.45, 7) is 11.9. The maximum absolute atomic E-state index is 5.45. The summed E-state index contributed by atoms with van der Waals surface area (Å²) >= 11 is 1.86. The molecule has 1 fully saturated rings. The molecule has 2 heterocycles. The molecule has 0 aromatic carbocycles. The molecule has 0 saturated carbocycles. The van der Waals surface area contributed by atoms with Crippen LogP contribution in [0.25, 0.3) is 0 Å². The Balaban J connectivity index is 2.08. The molecular formula is C16H29N3OS. The van der Waals surface area contributed by atoms with Gasteiger partial charge in [-0.05, 0) is 18.8 Å². The smallest absolute Gasteiger partial charge is 0.185 e. The summed E-state index contributed by atoms with van der Waals surface area (Å²) in [4.78, 5) is 8.74. The SMILES string of the molecule is COC1CCN(c2nc(C(C)C)c(CNC(C)C)s2)CC1. The molecule has 0 amide bonds. The summed E-state index contributed by atoms with van der Waals surface area (Å²) in [6.07, 6.45) is 2.63. The Morgan fingerprint density at radius 3 is 2.48 bits per heavy atom. The molecule has 1 saturated heterocycles. The number of nitrogens with one attached hydrogen (secondary N) is 1. The van der Waals surface area contributed by atoms with Gasteiger partial charge < -0.3 is 15.0 Å². The zero-order valence-electron chi connectivity index (χ0n) is 14.0. The number of hydrogen-bond acceptors (Lipinski definition) is 5. The van der Waals surface area contributed by atoms with E-state index in [2.05, 4.69) is 37.9 Å². The summed E-state index contributed by atoms with van der Waals surface area (Å²) < 4.78 is 5.45. The molecule has 0 atom stereocenters. The third-order valence-corrected chi connectivity index (χ3v) is 5.11. The monoisotopic (exact) mass is 311 g/mol. The van der Waals surface area contributed by atoms with Crippen LogP contribution in [-0.4, -0.2) is 37.3 Å². The molecule has 0 aliphatic carbocycles. The first-order valence-electron chi connectivity index (χ1n) is 8.02. The normalized spacial score (nSPS) is 17.2. The number of rotatable bonds is 6. The van der Waals surface area contributed by atoms with Crippen LogP contribution in [0.1, 0.15) is 57.0 Å². The van der Waals surface area contributed by atoms with E-state index in [0.29, 0.717) is 18.1 Å². The molecule has 0 bridgehead atoms. The van der Waals surface area contributed by atoms with Gasteiger partial charge in [0.1, 0.15) is 0 Å². The van der Waals surface area contributed by atoms with Gasteiger partial charge in [-0.25, -0.2) is 4.98 Å². The summed E-state index contributed by atoms with van der Waals surface area (Å²) in [5, 5.41) is 4.71. The van der Waals surface area contributed by atoms with Crippen molar-refractivity contribution in [2.75, 3.05) is 25.1 Å². The molecule has 1 aliphatic heterocycles. The molecule has 1 aromatic rings. The highest BCUT2D eigenvalue weighted by molar-refractivity contribution is 7.15. The van der Waals surface area contributed by atoms with Crippen molar-refractivity contribution in [1.29, 1.82) is 0 Å². The zero-order chi connectivity index (χ0) is 15.4. The van der Waals surface area contributed by atoms with Crippen LogP contribution in [-0.2, 0) is 11.3 Å². The highest BCUT2D eigenvalue weighted by atomic mass is 32.1. The predicted molar refractivity (Wildman–Crippen MR) is 90.4 cm³/mol.